The summed E-state index contributed by atoms with van der Waals surface area (Å²) in [6, 6.07) is 7.84. The summed E-state index contributed by atoms with van der Waals surface area (Å²) in [6.45, 7) is 8.52. The van der Waals surface area contributed by atoms with Crippen molar-refractivity contribution < 1.29 is 9.53 Å². The molecular formula is C18H25ClN2O2. The number of nitrogens with one attached hydrogen (secondary N) is 1. The molecule has 5 heteroatoms. The molecule has 126 valence electrons. The lowest BCUT2D eigenvalue weighted by Crippen LogP contribution is -2.39. The van der Waals surface area contributed by atoms with Gasteiger partial charge in [0.25, 0.3) is 0 Å². The second-order valence-corrected chi connectivity index (χ2v) is 7.14. The minimum atomic E-state index is -0.447. The molecule has 0 bridgehead atoms. The molecule has 1 aromatic carbocycles. The second-order valence-electron chi connectivity index (χ2n) is 6.73. The van der Waals surface area contributed by atoms with E-state index in [2.05, 4.69) is 11.4 Å². The summed E-state index contributed by atoms with van der Waals surface area (Å²) in [5.74, 6) is 0. The van der Waals surface area contributed by atoms with Crippen molar-refractivity contribution >= 4 is 17.7 Å². The summed E-state index contributed by atoms with van der Waals surface area (Å²) in [6.07, 6.45) is 2.73. The fourth-order valence-electron chi connectivity index (χ4n) is 2.36. The van der Waals surface area contributed by atoms with Gasteiger partial charge in [0.05, 0.1) is 0 Å². The standard InChI is InChI=1S/C18H25ClN2O2/c1-18(2,3)23-17(22)21-10-8-14(9-11-21)12-20-13-15-6-4-5-7-16(15)19/h4-8,20H,9-13H2,1-3H3. The number of amides is 1. The number of hydrogen-bond donors (Lipinski definition) is 1. The second kappa shape index (κ2) is 7.84. The molecule has 1 aliphatic rings. The predicted octanol–water partition coefficient (Wildman–Crippen LogP) is 4.00. The lowest BCUT2D eigenvalue weighted by molar-refractivity contribution is 0.0265. The van der Waals surface area contributed by atoms with Crippen LogP contribution in [-0.2, 0) is 11.3 Å². The Balaban J connectivity index is 1.77. The highest BCUT2D eigenvalue weighted by Crippen LogP contribution is 2.16. The van der Waals surface area contributed by atoms with Crippen molar-refractivity contribution in [2.24, 2.45) is 0 Å². The van der Waals surface area contributed by atoms with E-state index in [4.69, 9.17) is 16.3 Å². The van der Waals surface area contributed by atoms with E-state index in [1.807, 2.05) is 45.0 Å². The van der Waals surface area contributed by atoms with Gasteiger partial charge >= 0.3 is 6.09 Å². The van der Waals surface area contributed by atoms with E-state index in [1.54, 1.807) is 4.90 Å². The minimum absolute atomic E-state index is 0.239. The Morgan fingerprint density at radius 3 is 2.65 bits per heavy atom. The van der Waals surface area contributed by atoms with E-state index < -0.39 is 5.60 Å². The van der Waals surface area contributed by atoms with Gasteiger partial charge in [0, 0.05) is 31.2 Å². The number of carbonyl (C=O) groups excluding carboxylic acids is 1. The van der Waals surface area contributed by atoms with Gasteiger partial charge in [-0.1, -0.05) is 41.4 Å². The van der Waals surface area contributed by atoms with Crippen molar-refractivity contribution in [1.29, 1.82) is 0 Å². The number of nitrogens with zero attached hydrogens (tertiary/aromatic N) is 1. The van der Waals surface area contributed by atoms with Gasteiger partial charge in [0.2, 0.25) is 0 Å². The zero-order valence-corrected chi connectivity index (χ0v) is 14.8. The Bertz CT molecular complexity index is 579. The SMILES string of the molecule is CC(C)(C)OC(=O)N1CC=C(CNCc2ccccc2Cl)CC1. The number of benzene rings is 1. The molecule has 0 saturated carbocycles. The van der Waals surface area contributed by atoms with Crippen LogP contribution in [0.25, 0.3) is 0 Å². The lowest BCUT2D eigenvalue weighted by Gasteiger charge is -2.29. The lowest BCUT2D eigenvalue weighted by atomic mass is 10.1. The normalized spacial score (nSPS) is 15.3. The van der Waals surface area contributed by atoms with Gasteiger partial charge < -0.3 is 15.0 Å². The third-order valence-corrected chi connectivity index (χ3v) is 3.95. The van der Waals surface area contributed by atoms with Gasteiger partial charge in [-0.25, -0.2) is 4.79 Å². The molecule has 1 N–H and O–H groups in total. The molecule has 0 aromatic heterocycles. The first kappa shape index (κ1) is 17.8. The molecular weight excluding hydrogens is 312 g/mol. The molecule has 1 aromatic rings. The van der Waals surface area contributed by atoms with Crippen LogP contribution in [0, 0.1) is 0 Å². The van der Waals surface area contributed by atoms with E-state index in [-0.39, 0.29) is 6.09 Å². The average Bonchev–Trinajstić information content (AvgIpc) is 2.48. The molecule has 1 heterocycles. The fraction of sp³-hybridized carbons (Fsp3) is 0.500. The van der Waals surface area contributed by atoms with Crippen LogP contribution >= 0.6 is 11.6 Å². The zero-order chi connectivity index (χ0) is 16.9. The van der Waals surface area contributed by atoms with Gasteiger partial charge in [-0.3, -0.25) is 0 Å². The van der Waals surface area contributed by atoms with Gasteiger partial charge in [-0.2, -0.15) is 0 Å². The maximum Gasteiger partial charge on any atom is 0.410 e. The maximum atomic E-state index is 12.0. The summed E-state index contributed by atoms with van der Waals surface area (Å²) in [5, 5.41) is 4.19. The Kier molecular flexibility index (Phi) is 6.08. The van der Waals surface area contributed by atoms with Gasteiger partial charge in [0.15, 0.2) is 0 Å². The van der Waals surface area contributed by atoms with Crippen molar-refractivity contribution in [3.63, 3.8) is 0 Å². The number of halogens is 1. The molecule has 23 heavy (non-hydrogen) atoms. The number of hydrogen-bond acceptors (Lipinski definition) is 3. The quantitative estimate of drug-likeness (QED) is 0.845. The van der Waals surface area contributed by atoms with E-state index in [0.29, 0.717) is 13.1 Å². The smallest absolute Gasteiger partial charge is 0.410 e. The summed E-state index contributed by atoms with van der Waals surface area (Å²) >= 11 is 6.14. The molecule has 1 amide bonds. The van der Waals surface area contributed by atoms with Crippen LogP contribution in [0.4, 0.5) is 4.79 Å². The Morgan fingerprint density at radius 2 is 2.04 bits per heavy atom. The van der Waals surface area contributed by atoms with Gasteiger partial charge in [-0.05, 0) is 38.8 Å². The Hall–Kier alpha value is -1.52. The predicted molar refractivity (Wildman–Crippen MR) is 93.7 cm³/mol. The van der Waals surface area contributed by atoms with E-state index in [1.165, 1.54) is 5.57 Å². The van der Waals surface area contributed by atoms with E-state index in [0.717, 1.165) is 30.1 Å². The molecule has 4 nitrogen and oxygen atoms in total. The molecule has 0 aliphatic carbocycles. The van der Waals surface area contributed by atoms with Crippen LogP contribution in [-0.4, -0.2) is 36.2 Å². The zero-order valence-electron chi connectivity index (χ0n) is 14.1. The Morgan fingerprint density at radius 1 is 1.30 bits per heavy atom. The molecule has 0 atom stereocenters. The van der Waals surface area contributed by atoms with Gasteiger partial charge in [0.1, 0.15) is 5.60 Å². The highest BCUT2D eigenvalue weighted by molar-refractivity contribution is 6.31. The molecule has 1 aliphatic heterocycles. The van der Waals surface area contributed by atoms with E-state index >= 15 is 0 Å². The molecule has 2 rings (SSSR count). The number of carbonyl (C=O) groups is 1. The molecule has 0 saturated heterocycles. The van der Waals surface area contributed by atoms with Crippen LogP contribution in [0.1, 0.15) is 32.8 Å². The summed E-state index contributed by atoms with van der Waals surface area (Å²) in [4.78, 5) is 13.7. The van der Waals surface area contributed by atoms with Crippen LogP contribution in [0.5, 0.6) is 0 Å². The molecule has 0 radical (unpaired) electrons. The van der Waals surface area contributed by atoms with Crippen molar-refractivity contribution in [3.05, 3.63) is 46.5 Å². The Labute approximate surface area is 143 Å². The number of rotatable bonds is 4. The molecule has 0 fully saturated rings. The summed E-state index contributed by atoms with van der Waals surface area (Å²) in [5.41, 5.74) is 1.97. The highest BCUT2D eigenvalue weighted by atomic mass is 35.5. The first-order valence-corrected chi connectivity index (χ1v) is 8.33. The van der Waals surface area contributed by atoms with Crippen LogP contribution < -0.4 is 5.32 Å². The third-order valence-electron chi connectivity index (χ3n) is 3.58. The summed E-state index contributed by atoms with van der Waals surface area (Å²) < 4.78 is 5.39. The topological polar surface area (TPSA) is 41.6 Å². The first-order valence-electron chi connectivity index (χ1n) is 7.95. The monoisotopic (exact) mass is 336 g/mol. The van der Waals surface area contributed by atoms with Crippen LogP contribution in [0.15, 0.2) is 35.9 Å². The van der Waals surface area contributed by atoms with Crippen LogP contribution in [0.3, 0.4) is 0 Å². The number of ether oxygens (including phenoxy) is 1. The van der Waals surface area contributed by atoms with Crippen LogP contribution in [0.2, 0.25) is 5.02 Å². The average molecular weight is 337 g/mol. The van der Waals surface area contributed by atoms with E-state index in [9.17, 15) is 4.79 Å². The van der Waals surface area contributed by atoms with Crippen molar-refractivity contribution in [3.8, 4) is 0 Å². The first-order chi connectivity index (χ1) is 10.8. The maximum absolute atomic E-state index is 12.0. The van der Waals surface area contributed by atoms with Crippen molar-refractivity contribution in [2.75, 3.05) is 19.6 Å². The highest BCUT2D eigenvalue weighted by Gasteiger charge is 2.23. The molecule has 0 spiro atoms. The summed E-state index contributed by atoms with van der Waals surface area (Å²) in [7, 11) is 0. The largest absolute Gasteiger partial charge is 0.444 e. The van der Waals surface area contributed by atoms with Crippen molar-refractivity contribution in [2.45, 2.75) is 39.3 Å². The van der Waals surface area contributed by atoms with Gasteiger partial charge in [-0.15, -0.1) is 0 Å². The van der Waals surface area contributed by atoms with Crippen molar-refractivity contribution in [1.82, 2.24) is 10.2 Å². The third kappa shape index (κ3) is 5.88. The molecule has 0 unspecified atom stereocenters. The minimum Gasteiger partial charge on any atom is -0.444 e. The fourth-order valence-corrected chi connectivity index (χ4v) is 2.57.